The summed E-state index contributed by atoms with van der Waals surface area (Å²) in [6.45, 7) is 5.20. The fourth-order valence-electron chi connectivity index (χ4n) is 2.10. The smallest absolute Gasteiger partial charge is 0.387 e. The Morgan fingerprint density at radius 2 is 2.00 bits per heavy atom. The van der Waals surface area contributed by atoms with E-state index >= 15 is 0 Å². The van der Waals surface area contributed by atoms with Gasteiger partial charge in [0.25, 0.3) is 0 Å². The van der Waals surface area contributed by atoms with Gasteiger partial charge in [-0.2, -0.15) is 13.8 Å². The van der Waals surface area contributed by atoms with E-state index < -0.39 is 6.61 Å². The number of rotatable bonds is 7. The summed E-state index contributed by atoms with van der Waals surface area (Å²) in [5.41, 5.74) is 0.328. The molecule has 0 saturated heterocycles. The molecule has 0 spiro atoms. The first-order valence-corrected chi connectivity index (χ1v) is 7.90. The first-order chi connectivity index (χ1) is 11.7. The van der Waals surface area contributed by atoms with Crippen molar-refractivity contribution in [3.05, 3.63) is 35.5 Å². The van der Waals surface area contributed by atoms with Crippen molar-refractivity contribution in [3.8, 4) is 11.5 Å². The number of nitrogens with zero attached hydrogens (tertiary/aromatic N) is 2. The second-order valence-electron chi connectivity index (χ2n) is 6.66. The maximum atomic E-state index is 12.6. The number of methoxy groups -OCH3 is 1. The van der Waals surface area contributed by atoms with E-state index in [0.717, 1.165) is 0 Å². The van der Waals surface area contributed by atoms with Crippen molar-refractivity contribution >= 4 is 0 Å². The normalized spacial score (nSPS) is 13.1. The Labute approximate surface area is 145 Å². The molecule has 2 aromatic rings. The Kier molecular flexibility index (Phi) is 5.94. The Bertz CT molecular complexity index is 699. The van der Waals surface area contributed by atoms with Gasteiger partial charge in [0, 0.05) is 17.5 Å². The van der Waals surface area contributed by atoms with Crippen LogP contribution in [-0.4, -0.2) is 23.9 Å². The fourth-order valence-corrected chi connectivity index (χ4v) is 2.10. The van der Waals surface area contributed by atoms with E-state index in [2.05, 4.69) is 20.2 Å². The van der Waals surface area contributed by atoms with Crippen molar-refractivity contribution in [1.82, 2.24) is 15.5 Å². The van der Waals surface area contributed by atoms with Crippen LogP contribution in [-0.2, 0) is 12.0 Å². The van der Waals surface area contributed by atoms with E-state index in [9.17, 15) is 8.78 Å². The van der Waals surface area contributed by atoms with E-state index in [1.807, 2.05) is 27.7 Å². The van der Waals surface area contributed by atoms with Crippen LogP contribution in [0.1, 0.15) is 51.0 Å². The summed E-state index contributed by atoms with van der Waals surface area (Å²) < 4.78 is 40.1. The van der Waals surface area contributed by atoms with E-state index in [4.69, 9.17) is 9.26 Å². The second kappa shape index (κ2) is 7.77. The van der Waals surface area contributed by atoms with Crippen LogP contribution in [0.5, 0.6) is 11.5 Å². The molecule has 0 bridgehead atoms. The molecular formula is C17H23F2N3O3. The Hall–Kier alpha value is -2.22. The molecule has 2 rings (SSSR count). The van der Waals surface area contributed by atoms with Gasteiger partial charge in [0.2, 0.25) is 5.89 Å². The molecule has 0 aliphatic rings. The second-order valence-corrected chi connectivity index (χ2v) is 6.66. The van der Waals surface area contributed by atoms with Crippen LogP contribution in [0, 0.1) is 0 Å². The predicted octanol–water partition coefficient (Wildman–Crippen LogP) is 3.83. The summed E-state index contributed by atoms with van der Waals surface area (Å²) in [6.07, 6.45) is 0. The molecule has 138 valence electrons. The van der Waals surface area contributed by atoms with Gasteiger partial charge in [0.05, 0.1) is 13.2 Å². The van der Waals surface area contributed by atoms with Crippen molar-refractivity contribution in [2.45, 2.75) is 52.3 Å². The molecule has 6 nitrogen and oxygen atoms in total. The first kappa shape index (κ1) is 19.1. The van der Waals surface area contributed by atoms with E-state index in [1.54, 1.807) is 12.1 Å². The minimum atomic E-state index is -2.89. The third kappa shape index (κ3) is 5.12. The van der Waals surface area contributed by atoms with Gasteiger partial charge in [0.15, 0.2) is 5.82 Å². The number of hydrogen-bond acceptors (Lipinski definition) is 6. The van der Waals surface area contributed by atoms with Crippen LogP contribution in [0.15, 0.2) is 22.7 Å². The molecule has 1 aromatic carbocycles. The number of hydrogen-bond donors (Lipinski definition) is 1. The minimum absolute atomic E-state index is 0.0939. The Balaban J connectivity index is 2.10. The zero-order valence-electron chi connectivity index (χ0n) is 15.0. The highest BCUT2D eigenvalue weighted by molar-refractivity contribution is 5.40. The third-order valence-electron chi connectivity index (χ3n) is 3.57. The summed E-state index contributed by atoms with van der Waals surface area (Å²) in [4.78, 5) is 4.38. The van der Waals surface area contributed by atoms with Gasteiger partial charge < -0.3 is 19.3 Å². The van der Waals surface area contributed by atoms with Crippen LogP contribution in [0.25, 0.3) is 0 Å². The lowest BCUT2D eigenvalue weighted by atomic mass is 9.96. The standard InChI is InChI=1S/C17H23F2N3O3/c1-10(14-21-15(22-25-14)17(2,3)4)20-9-11-8-12(23-5)6-7-13(11)24-16(18)19/h6-8,10,16,20H,9H2,1-5H3. The molecule has 1 unspecified atom stereocenters. The fraction of sp³-hybridized carbons (Fsp3) is 0.529. The van der Waals surface area contributed by atoms with Gasteiger partial charge in [-0.15, -0.1) is 0 Å². The summed E-state index contributed by atoms with van der Waals surface area (Å²) in [5, 5.41) is 7.15. The maximum Gasteiger partial charge on any atom is 0.387 e. The largest absolute Gasteiger partial charge is 0.497 e. The average Bonchev–Trinajstić information content (AvgIpc) is 3.03. The molecule has 1 aromatic heterocycles. The van der Waals surface area contributed by atoms with Crippen LogP contribution in [0.4, 0.5) is 8.78 Å². The molecule has 1 N–H and O–H groups in total. The van der Waals surface area contributed by atoms with Crippen LogP contribution >= 0.6 is 0 Å². The highest BCUT2D eigenvalue weighted by Gasteiger charge is 2.23. The Morgan fingerprint density at radius 1 is 1.28 bits per heavy atom. The zero-order valence-corrected chi connectivity index (χ0v) is 15.0. The number of alkyl halides is 2. The molecule has 8 heteroatoms. The van der Waals surface area contributed by atoms with Crippen molar-refractivity contribution in [3.63, 3.8) is 0 Å². The van der Waals surface area contributed by atoms with E-state index in [1.165, 1.54) is 13.2 Å². The van der Waals surface area contributed by atoms with Gasteiger partial charge in [-0.1, -0.05) is 25.9 Å². The van der Waals surface area contributed by atoms with Crippen LogP contribution in [0.3, 0.4) is 0 Å². The number of benzene rings is 1. The zero-order chi connectivity index (χ0) is 18.6. The van der Waals surface area contributed by atoms with Gasteiger partial charge in [-0.25, -0.2) is 0 Å². The summed E-state index contributed by atoms with van der Waals surface area (Å²) >= 11 is 0. The molecule has 0 fully saturated rings. The van der Waals surface area contributed by atoms with E-state index in [-0.39, 0.29) is 23.8 Å². The lowest BCUT2D eigenvalue weighted by Gasteiger charge is -2.15. The summed E-state index contributed by atoms with van der Waals surface area (Å²) in [7, 11) is 1.51. The molecular weight excluding hydrogens is 332 g/mol. The van der Waals surface area contributed by atoms with Crippen molar-refractivity contribution < 1.29 is 22.8 Å². The van der Waals surface area contributed by atoms with Crippen molar-refractivity contribution in [2.24, 2.45) is 0 Å². The average molecular weight is 355 g/mol. The lowest BCUT2D eigenvalue weighted by molar-refractivity contribution is -0.0505. The number of halogens is 2. The van der Waals surface area contributed by atoms with Crippen LogP contribution < -0.4 is 14.8 Å². The van der Waals surface area contributed by atoms with Crippen LogP contribution in [0.2, 0.25) is 0 Å². The lowest BCUT2D eigenvalue weighted by Crippen LogP contribution is -2.20. The highest BCUT2D eigenvalue weighted by Crippen LogP contribution is 2.27. The molecule has 25 heavy (non-hydrogen) atoms. The topological polar surface area (TPSA) is 69.4 Å². The first-order valence-electron chi connectivity index (χ1n) is 7.90. The maximum absolute atomic E-state index is 12.6. The van der Waals surface area contributed by atoms with Crippen molar-refractivity contribution in [2.75, 3.05) is 7.11 Å². The summed E-state index contributed by atoms with van der Waals surface area (Å²) in [6, 6.07) is 4.41. The van der Waals surface area contributed by atoms with Crippen molar-refractivity contribution in [1.29, 1.82) is 0 Å². The monoisotopic (exact) mass is 355 g/mol. The molecule has 1 heterocycles. The Morgan fingerprint density at radius 3 is 2.56 bits per heavy atom. The van der Waals surface area contributed by atoms with E-state index in [0.29, 0.717) is 23.0 Å². The molecule has 0 radical (unpaired) electrons. The highest BCUT2D eigenvalue weighted by atomic mass is 19.3. The number of aromatic nitrogens is 2. The van der Waals surface area contributed by atoms with Gasteiger partial charge in [-0.05, 0) is 25.1 Å². The molecule has 0 amide bonds. The number of ether oxygens (including phenoxy) is 2. The summed E-state index contributed by atoms with van der Waals surface area (Å²) in [5.74, 6) is 1.69. The SMILES string of the molecule is COc1ccc(OC(F)F)c(CNC(C)c2nc(C(C)(C)C)no2)c1. The quantitative estimate of drug-likeness (QED) is 0.814. The van der Waals surface area contributed by atoms with Gasteiger partial charge >= 0.3 is 6.61 Å². The van der Waals surface area contributed by atoms with Gasteiger partial charge in [0.1, 0.15) is 11.5 Å². The molecule has 0 saturated carbocycles. The number of nitrogens with one attached hydrogen (secondary N) is 1. The minimum Gasteiger partial charge on any atom is -0.497 e. The third-order valence-corrected chi connectivity index (χ3v) is 3.57. The van der Waals surface area contributed by atoms with Gasteiger partial charge in [-0.3, -0.25) is 0 Å². The molecule has 1 atom stereocenters. The molecule has 0 aliphatic heterocycles. The molecule has 0 aliphatic carbocycles. The predicted molar refractivity (Wildman–Crippen MR) is 87.9 cm³/mol.